The van der Waals surface area contributed by atoms with Crippen LogP contribution in [0, 0.1) is 20.0 Å². The number of halogens is 2. The van der Waals surface area contributed by atoms with E-state index in [2.05, 4.69) is 0 Å². The Bertz CT molecular complexity index is 527. The molecule has 1 heterocycles. The Balaban J connectivity index is 2.79. The topological polar surface area (TPSA) is 23.8 Å². The van der Waals surface area contributed by atoms with Gasteiger partial charge in [-0.25, -0.2) is 4.39 Å². The summed E-state index contributed by atoms with van der Waals surface area (Å²) in [5.41, 5.74) is 0.779. The number of rotatable bonds is 1. The first kappa shape index (κ1) is 9.87. The van der Waals surface area contributed by atoms with Crippen molar-refractivity contribution in [2.24, 2.45) is 0 Å². The monoisotopic (exact) mass is 317 g/mol. The average molecular weight is 317 g/mol. The van der Waals surface area contributed by atoms with Crippen molar-refractivity contribution in [3.8, 4) is 6.07 Å². The van der Waals surface area contributed by atoms with E-state index in [1.165, 1.54) is 11.3 Å². The number of fused-ring (bicyclic) bond motifs is 1. The molecule has 0 radical (unpaired) electrons. The zero-order chi connectivity index (χ0) is 10.1. The Labute approximate surface area is 98.3 Å². The Morgan fingerprint density at radius 1 is 1.50 bits per heavy atom. The van der Waals surface area contributed by atoms with Gasteiger partial charge in [0.2, 0.25) is 0 Å². The fourth-order valence-electron chi connectivity index (χ4n) is 1.38. The quantitative estimate of drug-likeness (QED) is 0.736. The number of nitriles is 1. The molecule has 4 heteroatoms. The van der Waals surface area contributed by atoms with Crippen molar-refractivity contribution in [2.45, 2.75) is 6.42 Å². The summed E-state index contributed by atoms with van der Waals surface area (Å²) < 4.78 is 15.2. The highest BCUT2D eigenvalue weighted by atomic mass is 127. The van der Waals surface area contributed by atoms with Gasteiger partial charge >= 0.3 is 0 Å². The minimum atomic E-state index is -0.184. The predicted molar refractivity (Wildman–Crippen MR) is 63.8 cm³/mol. The van der Waals surface area contributed by atoms with E-state index in [0.717, 1.165) is 10.3 Å². The number of thiophene rings is 1. The van der Waals surface area contributed by atoms with Crippen LogP contribution in [0.2, 0.25) is 0 Å². The van der Waals surface area contributed by atoms with Crippen LogP contribution in [-0.2, 0) is 6.42 Å². The Kier molecular flexibility index (Phi) is 2.70. The molecule has 0 atom stereocenters. The van der Waals surface area contributed by atoms with Crippen LogP contribution in [0.4, 0.5) is 4.39 Å². The predicted octanol–water partition coefficient (Wildman–Crippen LogP) is 3.71. The molecular formula is C10H5FINS. The highest BCUT2D eigenvalue weighted by Gasteiger charge is 2.12. The third-order valence-electron chi connectivity index (χ3n) is 1.97. The number of nitrogens with zero attached hydrogens (tertiary/aromatic N) is 1. The molecule has 0 saturated heterocycles. The molecular weight excluding hydrogens is 312 g/mol. The number of benzene rings is 1. The highest BCUT2D eigenvalue weighted by molar-refractivity contribution is 14.1. The van der Waals surface area contributed by atoms with Crippen LogP contribution in [0.3, 0.4) is 0 Å². The maximum absolute atomic E-state index is 13.6. The van der Waals surface area contributed by atoms with Crippen molar-refractivity contribution in [2.75, 3.05) is 0 Å². The molecule has 14 heavy (non-hydrogen) atoms. The second-order valence-corrected chi connectivity index (χ2v) is 5.68. The summed E-state index contributed by atoms with van der Waals surface area (Å²) in [5, 5.41) is 9.22. The maximum Gasteiger partial charge on any atom is 0.155 e. The number of hydrogen-bond donors (Lipinski definition) is 0. The second-order valence-electron chi connectivity index (χ2n) is 2.81. The van der Waals surface area contributed by atoms with E-state index in [0.29, 0.717) is 8.27 Å². The van der Waals surface area contributed by atoms with E-state index in [1.54, 1.807) is 6.07 Å². The molecule has 0 fully saturated rings. The third-order valence-corrected chi connectivity index (χ3v) is 4.03. The van der Waals surface area contributed by atoms with Gasteiger partial charge in [-0.2, -0.15) is 5.26 Å². The maximum atomic E-state index is 13.6. The van der Waals surface area contributed by atoms with Crippen LogP contribution < -0.4 is 0 Å². The molecule has 0 N–H and O–H groups in total. The average Bonchev–Trinajstić information content (AvgIpc) is 2.45. The molecule has 2 aromatic rings. The van der Waals surface area contributed by atoms with Gasteiger partial charge in [-0.15, -0.1) is 11.3 Å². The van der Waals surface area contributed by atoms with Crippen LogP contribution in [0.15, 0.2) is 18.2 Å². The smallest absolute Gasteiger partial charge is 0.155 e. The van der Waals surface area contributed by atoms with E-state index in [9.17, 15) is 4.39 Å². The molecule has 0 unspecified atom stereocenters. The Hall–Kier alpha value is -0.670. The van der Waals surface area contributed by atoms with Crippen molar-refractivity contribution in [1.82, 2.24) is 0 Å². The van der Waals surface area contributed by atoms with E-state index >= 15 is 0 Å². The molecule has 70 valence electrons. The fourth-order valence-corrected chi connectivity index (χ4v) is 3.22. The van der Waals surface area contributed by atoms with E-state index < -0.39 is 0 Å². The molecule has 0 bridgehead atoms. The normalized spacial score (nSPS) is 10.4. The van der Waals surface area contributed by atoms with Gasteiger partial charge < -0.3 is 0 Å². The third kappa shape index (κ3) is 1.51. The van der Waals surface area contributed by atoms with E-state index in [4.69, 9.17) is 5.26 Å². The van der Waals surface area contributed by atoms with Crippen molar-refractivity contribution < 1.29 is 4.39 Å². The van der Waals surface area contributed by atoms with Crippen molar-refractivity contribution in [3.05, 3.63) is 32.5 Å². The minimum absolute atomic E-state index is 0.184. The van der Waals surface area contributed by atoms with Crippen LogP contribution in [0.5, 0.6) is 0 Å². The molecule has 0 spiro atoms. The van der Waals surface area contributed by atoms with Gasteiger partial charge in [0.15, 0.2) is 5.82 Å². The Morgan fingerprint density at radius 3 is 3.00 bits per heavy atom. The van der Waals surface area contributed by atoms with Gasteiger partial charge in [-0.3, -0.25) is 0 Å². The summed E-state index contributed by atoms with van der Waals surface area (Å²) in [6, 6.07) is 7.59. The van der Waals surface area contributed by atoms with Crippen molar-refractivity contribution >= 4 is 44.0 Å². The summed E-state index contributed by atoms with van der Waals surface area (Å²) in [6.07, 6.45) is 0.265. The highest BCUT2D eigenvalue weighted by Crippen LogP contribution is 2.33. The van der Waals surface area contributed by atoms with Gasteiger partial charge in [0, 0.05) is 10.1 Å². The van der Waals surface area contributed by atoms with Crippen LogP contribution in [-0.4, -0.2) is 0 Å². The van der Waals surface area contributed by atoms with Crippen LogP contribution in [0.1, 0.15) is 5.56 Å². The number of hydrogen-bond acceptors (Lipinski definition) is 2. The first-order valence-electron chi connectivity index (χ1n) is 3.96. The lowest BCUT2D eigenvalue weighted by atomic mass is 10.1. The van der Waals surface area contributed by atoms with E-state index in [-0.39, 0.29) is 12.2 Å². The summed E-state index contributed by atoms with van der Waals surface area (Å²) >= 11 is 3.40. The fraction of sp³-hybridized carbons (Fsp3) is 0.100. The minimum Gasteiger partial charge on any atom is -0.204 e. The van der Waals surface area contributed by atoms with Crippen LogP contribution >= 0.6 is 33.9 Å². The first-order valence-corrected chi connectivity index (χ1v) is 5.86. The lowest BCUT2D eigenvalue weighted by molar-refractivity contribution is 0.637. The van der Waals surface area contributed by atoms with Crippen molar-refractivity contribution in [1.29, 1.82) is 5.26 Å². The van der Waals surface area contributed by atoms with Crippen molar-refractivity contribution in [3.63, 3.8) is 0 Å². The lowest BCUT2D eigenvalue weighted by Gasteiger charge is -1.96. The zero-order valence-electron chi connectivity index (χ0n) is 7.05. The lowest BCUT2D eigenvalue weighted by Crippen LogP contribution is -1.84. The molecule has 1 aromatic carbocycles. The van der Waals surface area contributed by atoms with Gasteiger partial charge in [0.05, 0.1) is 12.5 Å². The summed E-state index contributed by atoms with van der Waals surface area (Å²) in [7, 11) is 0. The van der Waals surface area contributed by atoms with Crippen LogP contribution in [0.25, 0.3) is 10.1 Å². The molecule has 0 aliphatic heterocycles. The summed E-state index contributed by atoms with van der Waals surface area (Å²) in [5.74, 6) is -0.184. The van der Waals surface area contributed by atoms with Gasteiger partial charge in [-0.1, -0.05) is 12.1 Å². The van der Waals surface area contributed by atoms with Gasteiger partial charge in [-0.05, 0) is 34.2 Å². The molecule has 0 aliphatic rings. The summed E-state index contributed by atoms with van der Waals surface area (Å²) in [6.45, 7) is 0. The molecule has 2 rings (SSSR count). The second kappa shape index (κ2) is 3.83. The summed E-state index contributed by atoms with van der Waals surface area (Å²) in [4.78, 5) is 0. The SMILES string of the molecule is N#CCc1cccc2sc(I)c(F)c12. The molecule has 0 aliphatic carbocycles. The molecule has 0 saturated carbocycles. The van der Waals surface area contributed by atoms with Gasteiger partial charge in [0.25, 0.3) is 0 Å². The van der Waals surface area contributed by atoms with Gasteiger partial charge in [0.1, 0.15) is 2.88 Å². The Morgan fingerprint density at radius 2 is 2.29 bits per heavy atom. The standard InChI is InChI=1S/C10H5FINS/c11-9-8-6(4-5-13)2-1-3-7(8)14-10(9)12/h1-3H,4H2. The molecule has 1 nitrogen and oxygen atoms in total. The molecule has 0 amide bonds. The zero-order valence-corrected chi connectivity index (χ0v) is 10.0. The first-order chi connectivity index (χ1) is 6.74. The molecule has 1 aromatic heterocycles. The largest absolute Gasteiger partial charge is 0.204 e. The van der Waals surface area contributed by atoms with E-state index in [1.807, 2.05) is 40.8 Å².